The molecule has 2 amide bonds. The van der Waals surface area contributed by atoms with Crippen LogP contribution in [0.4, 0.5) is 0 Å². The van der Waals surface area contributed by atoms with Crippen LogP contribution in [0.3, 0.4) is 0 Å². The van der Waals surface area contributed by atoms with Gasteiger partial charge >= 0.3 is 0 Å². The second kappa shape index (κ2) is 10.8. The summed E-state index contributed by atoms with van der Waals surface area (Å²) >= 11 is 1.36. The first-order valence-electron chi connectivity index (χ1n) is 9.75. The number of carbonyl (C=O) groups excluding carboxylic acids is 2. The van der Waals surface area contributed by atoms with E-state index in [1.54, 1.807) is 23.0 Å². The minimum absolute atomic E-state index is 0.0212. The molecule has 0 aliphatic rings. The average molecular weight is 427 g/mol. The first-order valence-corrected chi connectivity index (χ1v) is 10.6. The lowest BCUT2D eigenvalue weighted by Crippen LogP contribution is -2.43. The molecule has 0 fully saturated rings. The molecule has 3 rings (SSSR count). The average Bonchev–Trinajstić information content (AvgIpc) is 3.43. The number of hydrogen-bond acceptors (Lipinski definition) is 5. The largest absolute Gasteiger partial charge is 0.464 e. The van der Waals surface area contributed by atoms with Crippen molar-refractivity contribution >= 4 is 23.2 Å². The van der Waals surface area contributed by atoms with Crippen LogP contribution < -0.4 is 0 Å². The van der Waals surface area contributed by atoms with Crippen molar-refractivity contribution in [1.82, 2.24) is 9.80 Å². The summed E-state index contributed by atoms with van der Waals surface area (Å²) in [6.07, 6.45) is 0. The smallest absolute Gasteiger partial charge is 0.264 e. The normalized spacial score (nSPS) is 10.7. The molecule has 0 aliphatic heterocycles. The molecule has 0 atom stereocenters. The molecule has 3 aromatic rings. The molecule has 30 heavy (non-hydrogen) atoms. The Bertz CT molecular complexity index is 937. The molecule has 0 spiro atoms. The molecule has 0 unspecified atom stereocenters. The fourth-order valence-corrected chi connectivity index (χ4v) is 3.76. The lowest BCUT2D eigenvalue weighted by molar-refractivity contribution is -0.133. The van der Waals surface area contributed by atoms with Crippen molar-refractivity contribution in [3.63, 3.8) is 0 Å². The van der Waals surface area contributed by atoms with Gasteiger partial charge in [0.2, 0.25) is 5.91 Å². The summed E-state index contributed by atoms with van der Waals surface area (Å²) in [6, 6.07) is 17.1. The lowest BCUT2D eigenvalue weighted by atomic mass is 10.2. The Hall–Kier alpha value is -2.90. The molecule has 7 heteroatoms. The molecule has 0 N–H and O–H groups in total. The molecule has 158 valence electrons. The molecule has 0 bridgehead atoms. The second-order valence-electron chi connectivity index (χ2n) is 6.94. The van der Waals surface area contributed by atoms with Crippen LogP contribution in [0.5, 0.6) is 0 Å². The molecule has 2 aromatic heterocycles. The predicted molar refractivity (Wildman–Crippen MR) is 116 cm³/mol. The van der Waals surface area contributed by atoms with Crippen molar-refractivity contribution in [1.29, 1.82) is 0 Å². The van der Waals surface area contributed by atoms with E-state index in [1.165, 1.54) is 11.3 Å². The van der Waals surface area contributed by atoms with Gasteiger partial charge in [0, 0.05) is 20.2 Å². The molecule has 1 aromatic carbocycles. The number of hydrogen-bond donors (Lipinski definition) is 0. The zero-order chi connectivity index (χ0) is 21.3. The van der Waals surface area contributed by atoms with Crippen molar-refractivity contribution in [2.24, 2.45) is 0 Å². The quantitative estimate of drug-likeness (QED) is 0.492. The third kappa shape index (κ3) is 6.05. The Labute approximate surface area is 180 Å². The van der Waals surface area contributed by atoms with Gasteiger partial charge < -0.3 is 19.0 Å². The van der Waals surface area contributed by atoms with E-state index in [0.717, 1.165) is 11.3 Å². The predicted octanol–water partition coefficient (Wildman–Crippen LogP) is 3.97. The number of ether oxygens (including phenoxy) is 1. The maximum atomic E-state index is 13.3. The Balaban J connectivity index is 1.77. The molecule has 2 heterocycles. The van der Waals surface area contributed by atoms with Crippen LogP contribution in [-0.4, -0.2) is 48.4 Å². The number of aryl methyl sites for hydroxylation is 1. The van der Waals surface area contributed by atoms with Gasteiger partial charge in [0.05, 0.1) is 18.0 Å². The summed E-state index contributed by atoms with van der Waals surface area (Å²) in [5.41, 5.74) is 1.02. The third-order valence-corrected chi connectivity index (χ3v) is 5.48. The highest BCUT2D eigenvalue weighted by atomic mass is 32.1. The number of rotatable bonds is 10. The van der Waals surface area contributed by atoms with E-state index in [9.17, 15) is 9.59 Å². The third-order valence-electron chi connectivity index (χ3n) is 4.62. The van der Waals surface area contributed by atoms with Gasteiger partial charge in [0.15, 0.2) is 0 Å². The first kappa shape index (κ1) is 21.8. The van der Waals surface area contributed by atoms with Crippen LogP contribution in [-0.2, 0) is 22.6 Å². The molecule has 0 saturated heterocycles. The Morgan fingerprint density at radius 1 is 1.00 bits per heavy atom. The van der Waals surface area contributed by atoms with E-state index in [-0.39, 0.29) is 18.4 Å². The minimum Gasteiger partial charge on any atom is -0.464 e. The Morgan fingerprint density at radius 2 is 1.80 bits per heavy atom. The van der Waals surface area contributed by atoms with E-state index in [0.29, 0.717) is 36.9 Å². The summed E-state index contributed by atoms with van der Waals surface area (Å²) in [6.45, 7) is 3.34. The van der Waals surface area contributed by atoms with Crippen molar-refractivity contribution < 1.29 is 18.7 Å². The topological polar surface area (TPSA) is 63.0 Å². The molecular formula is C23H26N2O4S. The number of carbonyl (C=O) groups is 2. The maximum absolute atomic E-state index is 13.3. The van der Waals surface area contributed by atoms with E-state index < -0.39 is 0 Å². The van der Waals surface area contributed by atoms with Gasteiger partial charge in [0.1, 0.15) is 18.1 Å². The van der Waals surface area contributed by atoms with Crippen molar-refractivity contribution in [3.8, 4) is 0 Å². The van der Waals surface area contributed by atoms with E-state index in [4.69, 9.17) is 9.15 Å². The zero-order valence-electron chi connectivity index (χ0n) is 17.2. The lowest BCUT2D eigenvalue weighted by Gasteiger charge is -2.27. The van der Waals surface area contributed by atoms with Crippen LogP contribution in [0.25, 0.3) is 0 Å². The molecular weight excluding hydrogens is 400 g/mol. The number of thiophene rings is 1. The second-order valence-corrected chi connectivity index (χ2v) is 7.89. The van der Waals surface area contributed by atoms with Crippen molar-refractivity contribution in [2.75, 3.05) is 26.8 Å². The van der Waals surface area contributed by atoms with E-state index in [1.807, 2.05) is 60.8 Å². The van der Waals surface area contributed by atoms with Crippen molar-refractivity contribution in [3.05, 3.63) is 81.9 Å². The number of furan rings is 1. The Morgan fingerprint density at radius 3 is 2.43 bits per heavy atom. The van der Waals surface area contributed by atoms with Gasteiger partial charge in [-0.25, -0.2) is 0 Å². The highest BCUT2D eigenvalue weighted by Crippen LogP contribution is 2.16. The summed E-state index contributed by atoms with van der Waals surface area (Å²) in [7, 11) is 1.58. The summed E-state index contributed by atoms with van der Waals surface area (Å²) in [5, 5.41) is 1.85. The fraction of sp³-hybridized carbons (Fsp3) is 0.304. The Kier molecular flexibility index (Phi) is 7.82. The van der Waals surface area contributed by atoms with Gasteiger partial charge in [-0.2, -0.15) is 0 Å². The van der Waals surface area contributed by atoms with E-state index in [2.05, 4.69) is 0 Å². The standard InChI is InChI=1S/C23H26N2O4S/c1-18-10-11-20(29-18)16-25(15-19-7-4-3-5-8-19)22(26)17-24(12-13-28-2)23(27)21-9-6-14-30-21/h3-11,14H,12-13,15-17H2,1-2H3. The van der Waals surface area contributed by atoms with Crippen LogP contribution in [0.2, 0.25) is 0 Å². The number of nitrogens with zero attached hydrogens (tertiary/aromatic N) is 2. The summed E-state index contributed by atoms with van der Waals surface area (Å²) in [4.78, 5) is 30.0. The number of methoxy groups -OCH3 is 1. The van der Waals surface area contributed by atoms with Crippen LogP contribution in [0.15, 0.2) is 64.4 Å². The van der Waals surface area contributed by atoms with Gasteiger partial charge in [-0.1, -0.05) is 36.4 Å². The fourth-order valence-electron chi connectivity index (χ4n) is 3.07. The minimum atomic E-state index is -0.163. The summed E-state index contributed by atoms with van der Waals surface area (Å²) < 4.78 is 10.8. The van der Waals surface area contributed by atoms with Gasteiger partial charge in [-0.3, -0.25) is 9.59 Å². The van der Waals surface area contributed by atoms with Crippen LogP contribution in [0, 0.1) is 6.92 Å². The number of amides is 2. The van der Waals surface area contributed by atoms with Crippen LogP contribution in [0.1, 0.15) is 26.8 Å². The SMILES string of the molecule is COCCN(CC(=O)N(Cc1ccccc1)Cc1ccc(C)o1)C(=O)c1cccs1. The molecule has 0 radical (unpaired) electrons. The van der Waals surface area contributed by atoms with Gasteiger partial charge in [0.25, 0.3) is 5.91 Å². The first-order chi connectivity index (χ1) is 14.6. The maximum Gasteiger partial charge on any atom is 0.264 e. The monoisotopic (exact) mass is 426 g/mol. The zero-order valence-corrected chi connectivity index (χ0v) is 18.1. The molecule has 6 nitrogen and oxygen atoms in total. The molecule has 0 saturated carbocycles. The highest BCUT2D eigenvalue weighted by Gasteiger charge is 2.23. The van der Waals surface area contributed by atoms with Crippen LogP contribution >= 0.6 is 11.3 Å². The van der Waals surface area contributed by atoms with Gasteiger partial charge in [-0.05, 0) is 36.1 Å². The number of benzene rings is 1. The van der Waals surface area contributed by atoms with Gasteiger partial charge in [-0.15, -0.1) is 11.3 Å². The highest BCUT2D eigenvalue weighted by molar-refractivity contribution is 7.12. The van der Waals surface area contributed by atoms with E-state index >= 15 is 0 Å². The van der Waals surface area contributed by atoms with Crippen molar-refractivity contribution in [2.45, 2.75) is 20.0 Å². The summed E-state index contributed by atoms with van der Waals surface area (Å²) in [5.74, 6) is 1.20. The molecule has 0 aliphatic carbocycles.